The monoisotopic (exact) mass is 457 g/mol. The zero-order chi connectivity index (χ0) is 25.1. The number of benzene rings is 1. The summed E-state index contributed by atoms with van der Waals surface area (Å²) in [6.07, 6.45) is 13.3. The van der Waals surface area contributed by atoms with Crippen LogP contribution in [0.5, 0.6) is 5.75 Å². The van der Waals surface area contributed by atoms with Crippen molar-refractivity contribution in [1.29, 1.82) is 0 Å². The lowest BCUT2D eigenvalue weighted by Crippen LogP contribution is -2.27. The molecule has 0 amide bonds. The predicted molar refractivity (Wildman–Crippen MR) is 145 cm³/mol. The lowest BCUT2D eigenvalue weighted by molar-refractivity contribution is -0.116. The van der Waals surface area contributed by atoms with Gasteiger partial charge < -0.3 is 10.1 Å². The molecule has 0 unspecified atom stereocenters. The van der Waals surface area contributed by atoms with E-state index in [0.29, 0.717) is 6.54 Å². The molecular weight excluding hydrogens is 406 g/mol. The Morgan fingerprint density at radius 2 is 1.58 bits per heavy atom. The van der Waals surface area contributed by atoms with Crippen LogP contribution in [0.1, 0.15) is 105 Å². The van der Waals surface area contributed by atoms with E-state index in [-0.39, 0.29) is 11.2 Å². The number of carbonyl (C=O) groups excluding carboxylic acids is 1. The maximum absolute atomic E-state index is 10.8. The third-order valence-electron chi connectivity index (χ3n) is 5.10. The third kappa shape index (κ3) is 18.1. The second-order valence-electron chi connectivity index (χ2n) is 10.0. The van der Waals surface area contributed by atoms with Crippen LogP contribution < -0.4 is 10.1 Å². The minimum Gasteiger partial charge on any atom is -0.494 e. The Kier molecular flexibility index (Phi) is 17.3. The van der Waals surface area contributed by atoms with E-state index in [4.69, 9.17) is 4.74 Å². The Morgan fingerprint density at radius 3 is 2.12 bits per heavy atom. The summed E-state index contributed by atoms with van der Waals surface area (Å²) in [5.74, 6) is 1.17. The van der Waals surface area contributed by atoms with Gasteiger partial charge in [-0.1, -0.05) is 103 Å². The summed E-state index contributed by atoms with van der Waals surface area (Å²) in [5.41, 5.74) is 3.84. The van der Waals surface area contributed by atoms with Crippen LogP contribution in [0.3, 0.4) is 0 Å². The molecule has 188 valence electrons. The molecule has 1 aliphatic rings. The first-order valence-electron chi connectivity index (χ1n) is 12.9. The molecule has 2 rings (SSSR count). The zero-order valence-corrected chi connectivity index (χ0v) is 22.7. The van der Waals surface area contributed by atoms with Crippen LogP contribution in [0.15, 0.2) is 48.2 Å². The number of Topliss-reactive ketones (excluding diaryl/α,β-unsaturated/α-hetero) is 1. The summed E-state index contributed by atoms with van der Waals surface area (Å²) in [6, 6.07) is 8.28. The van der Waals surface area contributed by atoms with Crippen molar-refractivity contribution >= 4 is 5.78 Å². The van der Waals surface area contributed by atoms with Crippen LogP contribution >= 0.6 is 0 Å². The van der Waals surface area contributed by atoms with Gasteiger partial charge in [0.25, 0.3) is 0 Å². The van der Waals surface area contributed by atoms with Crippen molar-refractivity contribution in [3.05, 3.63) is 53.8 Å². The van der Waals surface area contributed by atoms with Crippen molar-refractivity contribution in [2.45, 2.75) is 106 Å². The second kappa shape index (κ2) is 18.4. The molecule has 1 aromatic rings. The van der Waals surface area contributed by atoms with Crippen molar-refractivity contribution in [3.63, 3.8) is 0 Å². The van der Waals surface area contributed by atoms with Gasteiger partial charge >= 0.3 is 0 Å². The second-order valence-corrected chi connectivity index (χ2v) is 10.0. The van der Waals surface area contributed by atoms with Crippen LogP contribution in [-0.2, 0) is 4.79 Å². The average Bonchev–Trinajstić information content (AvgIpc) is 2.73. The average molecular weight is 458 g/mol. The first-order valence-corrected chi connectivity index (χ1v) is 12.9. The predicted octanol–water partition coefficient (Wildman–Crippen LogP) is 8.58. The van der Waals surface area contributed by atoms with Gasteiger partial charge in [-0.2, -0.15) is 0 Å². The van der Waals surface area contributed by atoms with Crippen molar-refractivity contribution in [2.24, 2.45) is 5.41 Å². The van der Waals surface area contributed by atoms with Gasteiger partial charge in [-0.15, -0.1) is 0 Å². The number of hydrogen-bond acceptors (Lipinski definition) is 3. The lowest BCUT2D eigenvalue weighted by Gasteiger charge is -2.31. The summed E-state index contributed by atoms with van der Waals surface area (Å²) in [4.78, 5) is 10.8. The summed E-state index contributed by atoms with van der Waals surface area (Å²) in [5, 5.41) is 3.16. The van der Waals surface area contributed by atoms with E-state index >= 15 is 0 Å². The van der Waals surface area contributed by atoms with Gasteiger partial charge in [0, 0.05) is 5.70 Å². The molecule has 0 atom stereocenters. The first-order chi connectivity index (χ1) is 15.6. The standard InChI is InChI=1S/C15H24O.C12H19NO.C3H8/c1-3-4-5-6-7-8-13-16-15-11-9-14(2)10-12-15;1-9-5-11(13-8-10(2)14)7-12(3,4)6-9;1-3-2/h9-12H,3-8,13H2,1-2H3;5,13H,1,6-8H2,2-4H3;3H2,1-2H3. The fourth-order valence-electron chi connectivity index (χ4n) is 3.60. The van der Waals surface area contributed by atoms with Crippen molar-refractivity contribution in [2.75, 3.05) is 13.2 Å². The fraction of sp³-hybridized carbons (Fsp3) is 0.633. The number of nitrogens with one attached hydrogen (secondary N) is 1. The molecule has 0 saturated carbocycles. The van der Waals surface area contributed by atoms with Crippen LogP contribution in [-0.4, -0.2) is 18.9 Å². The molecule has 0 aliphatic heterocycles. The number of allylic oxidation sites excluding steroid dienone is 3. The number of hydrogen-bond donors (Lipinski definition) is 1. The maximum Gasteiger partial charge on any atom is 0.148 e. The molecule has 0 heterocycles. The Hall–Kier alpha value is -2.03. The highest BCUT2D eigenvalue weighted by atomic mass is 16.5. The van der Waals surface area contributed by atoms with E-state index in [1.54, 1.807) is 6.92 Å². The molecule has 1 N–H and O–H groups in total. The first kappa shape index (κ1) is 31.0. The van der Waals surface area contributed by atoms with Gasteiger partial charge in [-0.05, 0) is 56.7 Å². The Morgan fingerprint density at radius 1 is 1.00 bits per heavy atom. The number of aryl methyl sites for hydroxylation is 1. The largest absolute Gasteiger partial charge is 0.494 e. The molecule has 0 spiro atoms. The molecule has 1 aromatic carbocycles. The number of unbranched alkanes of at least 4 members (excludes halogenated alkanes) is 5. The van der Waals surface area contributed by atoms with E-state index in [2.05, 4.69) is 71.6 Å². The van der Waals surface area contributed by atoms with Crippen LogP contribution in [0.2, 0.25) is 0 Å². The summed E-state index contributed by atoms with van der Waals surface area (Å²) >= 11 is 0. The van der Waals surface area contributed by atoms with Crippen molar-refractivity contribution < 1.29 is 9.53 Å². The number of ketones is 1. The Balaban J connectivity index is 0.000000558. The topological polar surface area (TPSA) is 38.3 Å². The van der Waals surface area contributed by atoms with Gasteiger partial charge in [0.2, 0.25) is 0 Å². The van der Waals surface area contributed by atoms with Crippen LogP contribution in [0.4, 0.5) is 0 Å². The smallest absolute Gasteiger partial charge is 0.148 e. The van der Waals surface area contributed by atoms with Gasteiger partial charge in [-0.3, -0.25) is 4.79 Å². The van der Waals surface area contributed by atoms with E-state index in [1.807, 2.05) is 12.1 Å². The highest BCUT2D eigenvalue weighted by Gasteiger charge is 2.24. The minimum absolute atomic E-state index is 0.167. The number of ether oxygens (including phenoxy) is 1. The molecule has 0 saturated heterocycles. The minimum atomic E-state index is 0.167. The fourth-order valence-corrected chi connectivity index (χ4v) is 3.60. The van der Waals surface area contributed by atoms with E-state index in [0.717, 1.165) is 36.5 Å². The van der Waals surface area contributed by atoms with Crippen LogP contribution in [0, 0.1) is 12.3 Å². The molecule has 0 radical (unpaired) electrons. The summed E-state index contributed by atoms with van der Waals surface area (Å²) in [6.45, 7) is 19.9. The van der Waals surface area contributed by atoms with Crippen molar-refractivity contribution in [3.8, 4) is 5.75 Å². The third-order valence-corrected chi connectivity index (χ3v) is 5.10. The van der Waals surface area contributed by atoms with Gasteiger partial charge in [0.05, 0.1) is 13.2 Å². The maximum atomic E-state index is 10.8. The van der Waals surface area contributed by atoms with Crippen molar-refractivity contribution in [1.82, 2.24) is 5.32 Å². The van der Waals surface area contributed by atoms with Gasteiger partial charge in [0.15, 0.2) is 0 Å². The molecule has 33 heavy (non-hydrogen) atoms. The molecule has 1 aliphatic carbocycles. The molecule has 3 heteroatoms. The number of rotatable bonds is 11. The summed E-state index contributed by atoms with van der Waals surface area (Å²) < 4.78 is 5.67. The molecule has 0 aromatic heterocycles. The Labute approximate surface area is 205 Å². The highest BCUT2D eigenvalue weighted by molar-refractivity contribution is 5.77. The van der Waals surface area contributed by atoms with E-state index in [9.17, 15) is 4.79 Å². The number of carbonyl (C=O) groups is 1. The van der Waals surface area contributed by atoms with Crippen LogP contribution in [0.25, 0.3) is 0 Å². The molecular formula is C30H51NO2. The molecule has 0 fully saturated rings. The van der Waals surface area contributed by atoms with E-state index < -0.39 is 0 Å². The summed E-state index contributed by atoms with van der Waals surface area (Å²) in [7, 11) is 0. The van der Waals surface area contributed by atoms with Gasteiger partial charge in [0.1, 0.15) is 11.5 Å². The lowest BCUT2D eigenvalue weighted by atomic mass is 9.77. The Bertz CT molecular complexity index is 686. The molecule has 0 bridgehead atoms. The van der Waals surface area contributed by atoms with Gasteiger partial charge in [-0.25, -0.2) is 0 Å². The quantitative estimate of drug-likeness (QED) is 0.338. The zero-order valence-electron chi connectivity index (χ0n) is 22.7. The SMILES string of the molecule is C=C1C=C(NCC(C)=O)CC(C)(C)C1.CCC.CCCCCCCCOc1ccc(C)cc1. The van der Waals surface area contributed by atoms with E-state index in [1.165, 1.54) is 50.5 Å². The molecule has 3 nitrogen and oxygen atoms in total. The highest BCUT2D eigenvalue weighted by Crippen LogP contribution is 2.36. The normalized spacial score (nSPS) is 14.2.